The molecule has 45 heavy (non-hydrogen) atoms. The Morgan fingerprint density at radius 1 is 0.822 bits per heavy atom. The van der Waals surface area contributed by atoms with Crippen molar-refractivity contribution in [3.8, 4) is 28.7 Å². The van der Waals surface area contributed by atoms with Crippen LogP contribution in [-0.4, -0.2) is 42.6 Å². The molecule has 0 bridgehead atoms. The highest BCUT2D eigenvalue weighted by molar-refractivity contribution is 6.08. The monoisotopic (exact) mass is 604 g/mol. The molecule has 0 spiro atoms. The Balaban J connectivity index is 1.23. The van der Waals surface area contributed by atoms with E-state index in [1.807, 2.05) is 60.7 Å². The van der Waals surface area contributed by atoms with Gasteiger partial charge >= 0.3 is 12.0 Å². The number of rotatable bonds is 9. The fourth-order valence-electron chi connectivity index (χ4n) is 6.63. The lowest BCUT2D eigenvalue weighted by Gasteiger charge is -2.35. The van der Waals surface area contributed by atoms with Crippen LogP contribution in [0.2, 0.25) is 0 Å². The van der Waals surface area contributed by atoms with E-state index in [4.69, 9.17) is 18.9 Å². The van der Waals surface area contributed by atoms with E-state index < -0.39 is 29.4 Å². The molecular formula is C36H32N2O7. The van der Waals surface area contributed by atoms with Crippen molar-refractivity contribution in [2.75, 3.05) is 14.2 Å². The van der Waals surface area contributed by atoms with E-state index in [0.29, 0.717) is 35.2 Å². The normalized spacial score (nSPS) is 21.7. The van der Waals surface area contributed by atoms with E-state index in [1.165, 1.54) is 4.90 Å². The zero-order chi connectivity index (χ0) is 31.1. The summed E-state index contributed by atoms with van der Waals surface area (Å²) in [7, 11) is 3.15. The zero-order valence-electron chi connectivity index (χ0n) is 24.9. The fraction of sp³-hybridized carbons (Fsp3) is 0.250. The summed E-state index contributed by atoms with van der Waals surface area (Å²) in [5.74, 6) is 1.03. The molecule has 228 valence electrons. The third-order valence-electron chi connectivity index (χ3n) is 9.04. The lowest BCUT2D eigenvalue weighted by atomic mass is 9.75. The van der Waals surface area contributed by atoms with Gasteiger partial charge in [0.1, 0.15) is 34.3 Å². The number of carbonyl (C=O) groups is 3. The summed E-state index contributed by atoms with van der Waals surface area (Å²) in [6, 6.07) is 29.0. The van der Waals surface area contributed by atoms with Gasteiger partial charge in [0.2, 0.25) is 0 Å². The van der Waals surface area contributed by atoms with Crippen LogP contribution in [0.1, 0.15) is 35.4 Å². The number of nitrogens with one attached hydrogen (secondary N) is 1. The van der Waals surface area contributed by atoms with Gasteiger partial charge in [-0.15, -0.1) is 0 Å². The van der Waals surface area contributed by atoms with Crippen LogP contribution in [0.25, 0.3) is 0 Å². The predicted octanol–water partition coefficient (Wildman–Crippen LogP) is 6.06. The van der Waals surface area contributed by atoms with Crippen LogP contribution in [0.4, 0.5) is 4.79 Å². The summed E-state index contributed by atoms with van der Waals surface area (Å²) < 4.78 is 22.4. The minimum atomic E-state index is -1.34. The number of amides is 3. The second-order valence-electron chi connectivity index (χ2n) is 11.6. The number of nitrogens with zero attached hydrogens (tertiary/aromatic N) is 1. The molecule has 3 atom stereocenters. The largest absolute Gasteiger partial charge is 0.497 e. The number of fused-ring (bicyclic) bond motifs is 2. The van der Waals surface area contributed by atoms with E-state index in [1.54, 1.807) is 50.6 Å². The number of methoxy groups -OCH3 is 2. The number of hydrogen-bond acceptors (Lipinski definition) is 7. The quantitative estimate of drug-likeness (QED) is 0.141. The number of ether oxygens (including phenoxy) is 4. The maximum atomic E-state index is 14.6. The van der Waals surface area contributed by atoms with Crippen molar-refractivity contribution in [2.45, 2.75) is 30.8 Å². The number of esters is 1. The van der Waals surface area contributed by atoms with Crippen molar-refractivity contribution in [3.05, 3.63) is 114 Å². The molecule has 9 nitrogen and oxygen atoms in total. The first-order chi connectivity index (χ1) is 21.9. The molecule has 2 aliphatic heterocycles. The fourth-order valence-corrected chi connectivity index (χ4v) is 6.63. The van der Waals surface area contributed by atoms with Gasteiger partial charge < -0.3 is 24.3 Å². The molecule has 3 amide bonds. The highest BCUT2D eigenvalue weighted by Crippen LogP contribution is 2.56. The highest BCUT2D eigenvalue weighted by atomic mass is 16.5. The lowest BCUT2D eigenvalue weighted by molar-refractivity contribution is -0.137. The molecule has 4 aromatic carbocycles. The number of imide groups is 1. The van der Waals surface area contributed by atoms with Crippen LogP contribution in [0, 0.1) is 11.8 Å². The van der Waals surface area contributed by atoms with Crippen LogP contribution in [0.15, 0.2) is 97.1 Å². The summed E-state index contributed by atoms with van der Waals surface area (Å²) in [5, 5.41) is 3.09. The van der Waals surface area contributed by atoms with E-state index in [2.05, 4.69) is 5.32 Å². The molecule has 1 saturated carbocycles. The molecule has 1 N–H and O–H groups in total. The highest BCUT2D eigenvalue weighted by Gasteiger charge is 2.66. The molecule has 0 radical (unpaired) electrons. The smallest absolute Gasteiger partial charge is 0.325 e. The predicted molar refractivity (Wildman–Crippen MR) is 164 cm³/mol. The van der Waals surface area contributed by atoms with Gasteiger partial charge in [-0.2, -0.15) is 0 Å². The molecule has 2 fully saturated rings. The Labute approximate surface area is 260 Å². The van der Waals surface area contributed by atoms with Crippen LogP contribution in [-0.2, 0) is 16.1 Å². The second-order valence-corrected chi connectivity index (χ2v) is 11.6. The number of hydrogen-bond donors (Lipinski definition) is 1. The molecule has 2 heterocycles. The van der Waals surface area contributed by atoms with Crippen molar-refractivity contribution in [1.29, 1.82) is 0 Å². The third-order valence-corrected chi connectivity index (χ3v) is 9.04. The SMILES string of the molecule is COc1ccc(CN2C(=O)N[C@](CC3c4ccccc4Oc4ccccc43)([C@H]3C[C@H]3C(=O)Oc3ccc(OC)cc3)C2=O)cc1. The molecule has 0 aromatic heterocycles. The molecule has 7 rings (SSSR count). The number of para-hydroxylation sites is 2. The molecule has 0 unspecified atom stereocenters. The second kappa shape index (κ2) is 11.3. The van der Waals surface area contributed by atoms with Gasteiger partial charge in [-0.1, -0.05) is 48.5 Å². The minimum Gasteiger partial charge on any atom is -0.497 e. The van der Waals surface area contributed by atoms with Gasteiger partial charge in [0.25, 0.3) is 5.91 Å². The molecule has 4 aromatic rings. The number of urea groups is 1. The van der Waals surface area contributed by atoms with Crippen LogP contribution in [0.3, 0.4) is 0 Å². The van der Waals surface area contributed by atoms with E-state index in [0.717, 1.165) is 16.7 Å². The van der Waals surface area contributed by atoms with Crippen molar-refractivity contribution in [3.63, 3.8) is 0 Å². The number of benzene rings is 4. The molecule has 9 heteroatoms. The van der Waals surface area contributed by atoms with Gasteiger partial charge in [-0.05, 0) is 66.9 Å². The lowest BCUT2D eigenvalue weighted by Crippen LogP contribution is -2.51. The Morgan fingerprint density at radius 2 is 1.38 bits per heavy atom. The summed E-state index contributed by atoms with van der Waals surface area (Å²) in [4.78, 5) is 42.9. The van der Waals surface area contributed by atoms with Gasteiger partial charge in [0, 0.05) is 23.0 Å². The topological polar surface area (TPSA) is 103 Å². The van der Waals surface area contributed by atoms with Crippen LogP contribution in [0.5, 0.6) is 28.7 Å². The van der Waals surface area contributed by atoms with Gasteiger partial charge in [0.15, 0.2) is 0 Å². The first-order valence-electron chi connectivity index (χ1n) is 14.9. The Bertz CT molecular complexity index is 1730. The van der Waals surface area contributed by atoms with Crippen LogP contribution >= 0.6 is 0 Å². The van der Waals surface area contributed by atoms with Gasteiger partial charge in [0.05, 0.1) is 26.7 Å². The van der Waals surface area contributed by atoms with E-state index >= 15 is 0 Å². The van der Waals surface area contributed by atoms with Gasteiger partial charge in [-0.3, -0.25) is 14.5 Å². The average molecular weight is 605 g/mol. The van der Waals surface area contributed by atoms with Crippen molar-refractivity contribution in [2.24, 2.45) is 11.8 Å². The maximum absolute atomic E-state index is 14.6. The Morgan fingerprint density at radius 3 is 1.98 bits per heavy atom. The zero-order valence-corrected chi connectivity index (χ0v) is 24.9. The summed E-state index contributed by atoms with van der Waals surface area (Å²) in [6.07, 6.45) is 0.662. The molecular weight excluding hydrogens is 572 g/mol. The average Bonchev–Trinajstić information content (AvgIpc) is 3.85. The first-order valence-corrected chi connectivity index (χ1v) is 14.9. The summed E-state index contributed by atoms with van der Waals surface area (Å²) in [6.45, 7) is 0.0883. The standard InChI is InChI=1S/C36H32N2O7/c1-42-23-13-11-22(12-14-23)21-38-34(40)36(37-35(38)41,30-19-28(30)33(39)44-25-17-15-24(43-2)16-18-25)20-29-26-7-3-5-9-31(26)45-32-10-6-4-8-27(29)32/h3-18,28-30H,19-21H2,1-2H3,(H,37,41)/t28-,30+,36-/m1/s1. The minimum absolute atomic E-state index is 0.0883. The number of carbonyl (C=O) groups excluding carboxylic acids is 3. The molecule has 1 aliphatic carbocycles. The summed E-state index contributed by atoms with van der Waals surface area (Å²) >= 11 is 0. The van der Waals surface area contributed by atoms with Crippen LogP contribution < -0.4 is 24.3 Å². The van der Waals surface area contributed by atoms with Crippen molar-refractivity contribution >= 4 is 17.9 Å². The van der Waals surface area contributed by atoms with Gasteiger partial charge in [-0.25, -0.2) is 4.79 Å². The molecule has 1 saturated heterocycles. The third kappa shape index (κ3) is 5.14. The Hall–Kier alpha value is -5.31. The first kappa shape index (κ1) is 28.5. The maximum Gasteiger partial charge on any atom is 0.325 e. The summed E-state index contributed by atoms with van der Waals surface area (Å²) in [5.41, 5.74) is 1.28. The molecule has 3 aliphatic rings. The van der Waals surface area contributed by atoms with Crippen molar-refractivity contribution in [1.82, 2.24) is 10.2 Å². The van der Waals surface area contributed by atoms with E-state index in [-0.39, 0.29) is 24.8 Å². The van der Waals surface area contributed by atoms with Crippen molar-refractivity contribution < 1.29 is 33.3 Å². The Kier molecular flexibility index (Phi) is 7.16. The van der Waals surface area contributed by atoms with E-state index in [9.17, 15) is 14.4 Å².